The van der Waals surface area contributed by atoms with E-state index in [-0.39, 0.29) is 5.91 Å². The lowest BCUT2D eigenvalue weighted by molar-refractivity contribution is -0.116. The topological polar surface area (TPSA) is 41.6 Å². The summed E-state index contributed by atoms with van der Waals surface area (Å²) in [5.41, 5.74) is 3.37. The number of nitrogens with zero attached hydrogens (tertiary/aromatic N) is 1. The van der Waals surface area contributed by atoms with Crippen LogP contribution in [0.3, 0.4) is 0 Å². The number of aryl methyl sites for hydroxylation is 1. The molecular formula is C23H26Cl2N2O2. The molecule has 2 aliphatic rings. The second-order valence-electron chi connectivity index (χ2n) is 7.86. The zero-order chi connectivity index (χ0) is 20.2. The van der Waals surface area contributed by atoms with Gasteiger partial charge in [0.05, 0.1) is 16.7 Å². The normalized spacial score (nSPS) is 17.7. The molecule has 29 heavy (non-hydrogen) atoms. The smallest absolute Gasteiger partial charge is 0.224 e. The largest absolute Gasteiger partial charge is 0.493 e. The van der Waals surface area contributed by atoms with Crippen molar-refractivity contribution < 1.29 is 9.53 Å². The number of carbonyl (C=O) groups is 1. The summed E-state index contributed by atoms with van der Waals surface area (Å²) in [5, 5.41) is 4.19. The first-order valence-corrected chi connectivity index (χ1v) is 11.1. The molecule has 2 aromatic carbocycles. The molecule has 1 amide bonds. The minimum absolute atomic E-state index is 0.0823. The highest BCUT2D eigenvalue weighted by Crippen LogP contribution is 2.32. The van der Waals surface area contributed by atoms with Crippen LogP contribution in [0.5, 0.6) is 5.75 Å². The SMILES string of the molecule is O=C1CCc2ccc(OCCCN3CCC(c4ccc(Cl)c(Cl)c4)CC3)cc2N1. The number of piperidine rings is 1. The van der Waals surface area contributed by atoms with Crippen LogP contribution in [-0.4, -0.2) is 37.0 Å². The van der Waals surface area contributed by atoms with E-state index in [2.05, 4.69) is 22.3 Å². The number of fused-ring (bicyclic) bond motifs is 1. The number of halogens is 2. The van der Waals surface area contributed by atoms with Crippen LogP contribution < -0.4 is 10.1 Å². The second-order valence-corrected chi connectivity index (χ2v) is 8.67. The minimum Gasteiger partial charge on any atom is -0.493 e. The van der Waals surface area contributed by atoms with Gasteiger partial charge in [-0.25, -0.2) is 0 Å². The van der Waals surface area contributed by atoms with E-state index in [0.29, 0.717) is 29.0 Å². The zero-order valence-corrected chi connectivity index (χ0v) is 17.9. The van der Waals surface area contributed by atoms with Crippen molar-refractivity contribution >= 4 is 34.8 Å². The van der Waals surface area contributed by atoms with E-state index in [1.165, 1.54) is 11.1 Å². The quantitative estimate of drug-likeness (QED) is 0.610. The van der Waals surface area contributed by atoms with Crippen LogP contribution in [0, 0.1) is 0 Å². The van der Waals surface area contributed by atoms with Gasteiger partial charge < -0.3 is 15.0 Å². The number of hydrogen-bond acceptors (Lipinski definition) is 3. The highest BCUT2D eigenvalue weighted by molar-refractivity contribution is 6.42. The fraction of sp³-hybridized carbons (Fsp3) is 0.435. The molecule has 0 bridgehead atoms. The first-order chi connectivity index (χ1) is 14.1. The van der Waals surface area contributed by atoms with Gasteiger partial charge in [-0.05, 0) is 74.0 Å². The molecule has 0 atom stereocenters. The van der Waals surface area contributed by atoms with E-state index in [0.717, 1.165) is 56.8 Å². The van der Waals surface area contributed by atoms with Gasteiger partial charge in [0.1, 0.15) is 5.75 Å². The van der Waals surface area contributed by atoms with Gasteiger partial charge in [-0.1, -0.05) is 35.3 Å². The number of hydrogen-bond donors (Lipinski definition) is 1. The Balaban J connectivity index is 1.19. The Kier molecular flexibility index (Phi) is 6.63. The van der Waals surface area contributed by atoms with Gasteiger partial charge in [-0.15, -0.1) is 0 Å². The van der Waals surface area contributed by atoms with Gasteiger partial charge in [0.25, 0.3) is 0 Å². The van der Waals surface area contributed by atoms with Gasteiger partial charge in [0, 0.05) is 24.7 Å². The maximum absolute atomic E-state index is 11.5. The number of rotatable bonds is 6. The van der Waals surface area contributed by atoms with Crippen LogP contribution in [-0.2, 0) is 11.2 Å². The fourth-order valence-electron chi connectivity index (χ4n) is 4.18. The molecule has 1 N–H and O–H groups in total. The van der Waals surface area contributed by atoms with E-state index in [4.69, 9.17) is 27.9 Å². The highest BCUT2D eigenvalue weighted by atomic mass is 35.5. The summed E-state index contributed by atoms with van der Waals surface area (Å²) in [5.74, 6) is 1.46. The van der Waals surface area contributed by atoms with Crippen molar-refractivity contribution in [2.24, 2.45) is 0 Å². The predicted octanol–water partition coefficient (Wildman–Crippen LogP) is 5.53. The van der Waals surface area contributed by atoms with Crippen LogP contribution in [0.25, 0.3) is 0 Å². The molecule has 1 saturated heterocycles. The number of likely N-dealkylation sites (tertiary alicyclic amines) is 1. The molecule has 0 saturated carbocycles. The Morgan fingerprint density at radius 2 is 1.86 bits per heavy atom. The Bertz CT molecular complexity index is 879. The number of benzene rings is 2. The van der Waals surface area contributed by atoms with E-state index in [1.807, 2.05) is 24.3 Å². The molecule has 0 spiro atoms. The monoisotopic (exact) mass is 432 g/mol. The van der Waals surface area contributed by atoms with Crippen molar-refractivity contribution in [2.45, 2.75) is 38.0 Å². The summed E-state index contributed by atoms with van der Waals surface area (Å²) >= 11 is 12.2. The Hall–Kier alpha value is -1.75. The standard InChI is InChI=1S/C23H26Cl2N2O2/c24-20-6-3-18(14-21(20)25)16-8-11-27(12-9-16)10-1-13-29-19-5-2-17-4-7-23(28)26-22(17)15-19/h2-3,5-6,14-16H,1,4,7-13H2,(H,26,28). The van der Waals surface area contributed by atoms with Gasteiger partial charge in [-0.3, -0.25) is 4.79 Å². The summed E-state index contributed by atoms with van der Waals surface area (Å²) in [6.07, 6.45) is 4.64. The first kappa shape index (κ1) is 20.5. The summed E-state index contributed by atoms with van der Waals surface area (Å²) < 4.78 is 5.91. The number of anilines is 1. The van der Waals surface area contributed by atoms with Crippen molar-refractivity contribution in [3.05, 3.63) is 57.6 Å². The minimum atomic E-state index is 0.0823. The molecular weight excluding hydrogens is 407 g/mol. The Morgan fingerprint density at radius 1 is 1.03 bits per heavy atom. The molecule has 154 valence electrons. The fourth-order valence-corrected chi connectivity index (χ4v) is 4.48. The lowest BCUT2D eigenvalue weighted by Crippen LogP contribution is -2.34. The summed E-state index contributed by atoms with van der Waals surface area (Å²) in [6, 6.07) is 12.0. The molecule has 0 unspecified atom stereocenters. The number of ether oxygens (including phenoxy) is 1. The lowest BCUT2D eigenvalue weighted by atomic mass is 9.89. The van der Waals surface area contributed by atoms with Gasteiger partial charge in [0.2, 0.25) is 5.91 Å². The van der Waals surface area contributed by atoms with Crippen LogP contribution in [0.2, 0.25) is 10.0 Å². The van der Waals surface area contributed by atoms with Gasteiger partial charge >= 0.3 is 0 Å². The van der Waals surface area contributed by atoms with Crippen LogP contribution in [0.15, 0.2) is 36.4 Å². The van der Waals surface area contributed by atoms with Crippen molar-refractivity contribution in [3.8, 4) is 5.75 Å². The molecule has 4 nitrogen and oxygen atoms in total. The third-order valence-corrected chi connectivity index (χ3v) is 6.61. The van der Waals surface area contributed by atoms with Crippen molar-refractivity contribution in [1.82, 2.24) is 4.90 Å². The third-order valence-electron chi connectivity index (χ3n) is 5.87. The van der Waals surface area contributed by atoms with E-state index >= 15 is 0 Å². The zero-order valence-electron chi connectivity index (χ0n) is 16.4. The van der Waals surface area contributed by atoms with E-state index in [9.17, 15) is 4.79 Å². The average Bonchev–Trinajstić information content (AvgIpc) is 2.73. The number of carbonyl (C=O) groups excluding carboxylic acids is 1. The summed E-state index contributed by atoms with van der Waals surface area (Å²) in [6.45, 7) is 3.90. The van der Waals surface area contributed by atoms with Crippen LogP contribution in [0.4, 0.5) is 5.69 Å². The molecule has 2 heterocycles. The molecule has 1 fully saturated rings. The molecule has 2 aromatic rings. The predicted molar refractivity (Wildman–Crippen MR) is 118 cm³/mol. The molecule has 2 aliphatic heterocycles. The van der Waals surface area contributed by atoms with Crippen LogP contribution >= 0.6 is 23.2 Å². The first-order valence-electron chi connectivity index (χ1n) is 10.3. The van der Waals surface area contributed by atoms with E-state index < -0.39 is 0 Å². The molecule has 0 radical (unpaired) electrons. The third kappa shape index (κ3) is 5.25. The lowest BCUT2D eigenvalue weighted by Gasteiger charge is -2.32. The maximum atomic E-state index is 11.5. The molecule has 6 heteroatoms. The second kappa shape index (κ2) is 9.38. The van der Waals surface area contributed by atoms with Crippen LogP contribution in [0.1, 0.15) is 42.7 Å². The van der Waals surface area contributed by atoms with Gasteiger partial charge in [-0.2, -0.15) is 0 Å². The van der Waals surface area contributed by atoms with Gasteiger partial charge in [0.15, 0.2) is 0 Å². The molecule has 0 aliphatic carbocycles. The molecule has 4 rings (SSSR count). The number of nitrogens with one attached hydrogen (secondary N) is 1. The summed E-state index contributed by atoms with van der Waals surface area (Å²) in [4.78, 5) is 14.1. The van der Waals surface area contributed by atoms with Crippen molar-refractivity contribution in [1.29, 1.82) is 0 Å². The van der Waals surface area contributed by atoms with Crippen molar-refractivity contribution in [3.63, 3.8) is 0 Å². The Labute approximate surface area is 182 Å². The number of amides is 1. The molecule has 0 aromatic heterocycles. The van der Waals surface area contributed by atoms with Crippen molar-refractivity contribution in [2.75, 3.05) is 31.6 Å². The highest BCUT2D eigenvalue weighted by Gasteiger charge is 2.21. The van der Waals surface area contributed by atoms with E-state index in [1.54, 1.807) is 0 Å². The average molecular weight is 433 g/mol. The Morgan fingerprint density at radius 3 is 2.66 bits per heavy atom. The maximum Gasteiger partial charge on any atom is 0.224 e. The summed E-state index contributed by atoms with van der Waals surface area (Å²) in [7, 11) is 0.